The Morgan fingerprint density at radius 2 is 1.73 bits per heavy atom. The van der Waals surface area contributed by atoms with Crippen LogP contribution in [0.1, 0.15) is 82.1 Å². The molecule has 0 aliphatic carbocycles. The quantitative estimate of drug-likeness (QED) is 0.0677. The summed E-state index contributed by atoms with van der Waals surface area (Å²) in [6.07, 6.45) is -0.281. The lowest BCUT2D eigenvalue weighted by Gasteiger charge is -2.43. The van der Waals surface area contributed by atoms with E-state index in [4.69, 9.17) is 9.47 Å². The van der Waals surface area contributed by atoms with E-state index < -0.39 is 71.3 Å². The molecule has 0 spiro atoms. The summed E-state index contributed by atoms with van der Waals surface area (Å²) in [5.41, 5.74) is 4.43. The summed E-state index contributed by atoms with van der Waals surface area (Å²) in [6.45, 7) is 11.4. The molecule has 5 aromatic rings. The molecule has 4 N–H and O–H groups in total. The molecule has 350 valence electrons. The lowest BCUT2D eigenvalue weighted by Crippen LogP contribution is -2.58. The van der Waals surface area contributed by atoms with Crippen molar-refractivity contribution < 1.29 is 42.1 Å². The second-order valence-electron chi connectivity index (χ2n) is 18.8. The van der Waals surface area contributed by atoms with Gasteiger partial charge in [0, 0.05) is 66.4 Å². The number of H-pyrrole nitrogens is 1. The van der Waals surface area contributed by atoms with Gasteiger partial charge in [-0.25, -0.2) is 18.2 Å². The van der Waals surface area contributed by atoms with Gasteiger partial charge in [-0.15, -0.1) is 11.3 Å². The number of aromatic nitrogens is 2. The molecule has 4 heterocycles. The van der Waals surface area contributed by atoms with Crippen LogP contribution < -0.4 is 15.4 Å². The minimum absolute atomic E-state index is 0.0454. The number of carbonyl (C=O) groups is 3. The summed E-state index contributed by atoms with van der Waals surface area (Å²) in [4.78, 5) is 52.3. The van der Waals surface area contributed by atoms with E-state index >= 15 is 13.2 Å². The molecule has 1 saturated heterocycles. The molecule has 1 unspecified atom stereocenters. The van der Waals surface area contributed by atoms with E-state index in [1.165, 1.54) is 18.7 Å². The van der Waals surface area contributed by atoms with Crippen molar-refractivity contribution >= 4 is 40.0 Å². The fourth-order valence-corrected chi connectivity index (χ4v) is 9.62. The van der Waals surface area contributed by atoms with Crippen molar-refractivity contribution in [3.8, 4) is 28.0 Å². The Morgan fingerprint density at radius 3 is 2.39 bits per heavy atom. The van der Waals surface area contributed by atoms with Gasteiger partial charge in [0.15, 0.2) is 0 Å². The number of β-amino-alcohol motifs (C(OH)–C–C–N with tert-alkyl or cyclic N) is 1. The Hall–Kier alpha value is -5.73. The number of nitrogens with one attached hydrogen (secondary N) is 3. The van der Waals surface area contributed by atoms with Crippen LogP contribution in [0.15, 0.2) is 66.2 Å². The molecule has 7 rings (SSSR count). The van der Waals surface area contributed by atoms with Crippen LogP contribution >= 0.6 is 11.3 Å². The van der Waals surface area contributed by atoms with Crippen molar-refractivity contribution in [3.63, 3.8) is 0 Å². The number of aromatic amines is 1. The number of ether oxygens (including phenoxy) is 2. The first-order chi connectivity index (χ1) is 31.3. The number of fused-ring (bicyclic) bond motifs is 3. The zero-order valence-electron chi connectivity index (χ0n) is 38.3. The average Bonchev–Trinajstić information content (AvgIpc) is 3.97. The van der Waals surface area contributed by atoms with Gasteiger partial charge in [-0.3, -0.25) is 19.3 Å². The topological polar surface area (TPSA) is 149 Å². The molecule has 5 atom stereocenters. The minimum Gasteiger partial charge on any atom is -0.481 e. The zero-order chi connectivity index (χ0) is 47.5. The fourth-order valence-electron chi connectivity index (χ4n) is 8.80. The highest BCUT2D eigenvalue weighted by Gasteiger charge is 2.45. The number of hydrogen-bond acceptors (Lipinski definition) is 9. The first-order valence-electron chi connectivity index (χ1n) is 22.0. The van der Waals surface area contributed by atoms with Gasteiger partial charge in [0.05, 0.1) is 28.2 Å². The van der Waals surface area contributed by atoms with Crippen LogP contribution in [0.4, 0.5) is 13.2 Å². The number of thiazole rings is 1. The number of aliphatic hydroxyl groups excluding tert-OH is 1. The zero-order valence-corrected chi connectivity index (χ0v) is 39.1. The lowest BCUT2D eigenvalue weighted by atomic mass is 9.85. The molecule has 16 heteroatoms. The van der Waals surface area contributed by atoms with Gasteiger partial charge in [-0.1, -0.05) is 75.1 Å². The molecule has 3 aromatic carbocycles. The summed E-state index contributed by atoms with van der Waals surface area (Å²) in [7, 11) is 0. The van der Waals surface area contributed by atoms with Gasteiger partial charge in [-0.2, -0.15) is 0 Å². The van der Waals surface area contributed by atoms with Crippen LogP contribution in [0.2, 0.25) is 0 Å². The molecular formula is C50H57F3N6O6S. The summed E-state index contributed by atoms with van der Waals surface area (Å²) >= 11 is 1.55. The van der Waals surface area contributed by atoms with Gasteiger partial charge >= 0.3 is 0 Å². The van der Waals surface area contributed by atoms with E-state index in [2.05, 4.69) is 32.4 Å². The first kappa shape index (κ1) is 48.2. The Bertz CT molecular complexity index is 2600. The molecule has 0 saturated carbocycles. The maximum Gasteiger partial charge on any atom is 0.246 e. The Kier molecular flexibility index (Phi) is 14.6. The third kappa shape index (κ3) is 11.1. The maximum absolute atomic E-state index is 16.0. The molecule has 12 nitrogen and oxygen atoms in total. The van der Waals surface area contributed by atoms with Gasteiger partial charge in [0.2, 0.25) is 17.7 Å². The number of aryl methyl sites for hydroxylation is 1. The predicted octanol–water partition coefficient (Wildman–Crippen LogP) is 7.17. The lowest BCUT2D eigenvalue weighted by molar-refractivity contribution is -0.144. The Morgan fingerprint density at radius 1 is 1.03 bits per heavy atom. The van der Waals surface area contributed by atoms with Crippen LogP contribution in [0.25, 0.3) is 21.3 Å². The van der Waals surface area contributed by atoms with E-state index in [0.717, 1.165) is 50.3 Å². The number of likely N-dealkylation sites (tertiary alicyclic amines) is 1. The predicted molar refractivity (Wildman–Crippen MR) is 247 cm³/mol. The smallest absolute Gasteiger partial charge is 0.246 e. The summed E-state index contributed by atoms with van der Waals surface area (Å²) in [5.74, 6) is 2.13. The third-order valence-electron chi connectivity index (χ3n) is 12.0. The van der Waals surface area contributed by atoms with Gasteiger partial charge in [0.1, 0.15) is 55.0 Å². The van der Waals surface area contributed by atoms with E-state index in [9.17, 15) is 19.5 Å². The van der Waals surface area contributed by atoms with Crippen LogP contribution in [-0.2, 0) is 32.1 Å². The highest BCUT2D eigenvalue weighted by atomic mass is 32.1. The molecule has 3 amide bonds. The molecular weight excluding hydrogens is 870 g/mol. The number of nitrogens with zero attached hydrogens (tertiary/aromatic N) is 3. The number of hydrogen-bond donors (Lipinski definition) is 4. The highest BCUT2D eigenvalue weighted by molar-refractivity contribution is 7.13. The number of para-hydroxylation sites is 1. The normalized spacial score (nSPS) is 19.2. The molecule has 2 aliphatic heterocycles. The van der Waals surface area contributed by atoms with Crippen LogP contribution in [-0.4, -0.2) is 105 Å². The van der Waals surface area contributed by atoms with Crippen molar-refractivity contribution in [2.24, 2.45) is 5.41 Å². The minimum atomic E-state index is -1.63. The van der Waals surface area contributed by atoms with E-state index in [-0.39, 0.29) is 56.6 Å². The molecule has 2 aliphatic rings. The Balaban J connectivity index is 0.915. The molecule has 0 bridgehead atoms. The largest absolute Gasteiger partial charge is 0.481 e. The number of alkyl halides is 1. The van der Waals surface area contributed by atoms with E-state index in [1.807, 2.05) is 62.4 Å². The van der Waals surface area contributed by atoms with Crippen molar-refractivity contribution in [1.29, 1.82) is 0 Å². The number of carbonyl (C=O) groups excluding carboxylic acids is 3. The van der Waals surface area contributed by atoms with E-state index in [0.29, 0.717) is 12.1 Å². The average molecular weight is 927 g/mol. The van der Waals surface area contributed by atoms with Crippen LogP contribution in [0, 0.1) is 35.8 Å². The number of amides is 3. The molecule has 1 fully saturated rings. The SMILES string of the molecule is Cc1ncsc1-c1ccc(CNC(=O)[C@@H]2C[C@@H](O)CN2C(=O)C(NC(=O)COCC#CCOc2cc(F)c([C@@H]3c4[nH]c5ccccc5c4C[C@@H](C)N3CC(C)(C)F)c(F)c2)C(C)(C)C)cc1. The summed E-state index contributed by atoms with van der Waals surface area (Å²) in [5, 5.41) is 17.2. The third-order valence-corrected chi connectivity index (χ3v) is 12.9. The van der Waals surface area contributed by atoms with Crippen molar-refractivity contribution in [1.82, 2.24) is 30.4 Å². The molecule has 66 heavy (non-hydrogen) atoms. The van der Waals surface area contributed by atoms with Crippen molar-refractivity contribution in [3.05, 3.63) is 106 Å². The molecule has 0 radical (unpaired) electrons. The summed E-state index contributed by atoms with van der Waals surface area (Å²) < 4.78 is 58.3. The first-order valence-corrected chi connectivity index (χ1v) is 22.9. The second-order valence-corrected chi connectivity index (χ2v) is 19.6. The highest BCUT2D eigenvalue weighted by Crippen LogP contribution is 2.44. The number of halogens is 3. The number of rotatable bonds is 14. The summed E-state index contributed by atoms with van der Waals surface area (Å²) in [6, 6.07) is 14.5. The van der Waals surface area contributed by atoms with Gasteiger partial charge in [0.25, 0.3) is 0 Å². The number of benzene rings is 3. The standard InChI is InChI=1S/C50H57F3N6O6S/c1-29-20-36-35-12-8-9-13-39(35)56-43(36)44(59(29)27-50(6,7)53)42-37(51)22-34(23-38(42)52)65-19-11-10-18-64-26-41(61)57-46(49(3,4)5)48(63)58-25-33(60)21-40(58)47(62)54-24-31-14-16-32(17-15-31)45-30(2)55-28-66-45/h8-9,12-17,22-23,28-29,33,40,44,46,56,60H,18-21,24-27H2,1-7H3,(H,54,62)(H,57,61)/t29-,33-,40+,44-,46?/m1/s1. The van der Waals surface area contributed by atoms with Crippen LogP contribution in [0.3, 0.4) is 0 Å². The fraction of sp³-hybridized carbons (Fsp3) is 0.440. The van der Waals surface area contributed by atoms with Crippen molar-refractivity contribution in [2.45, 2.75) is 104 Å². The second kappa shape index (κ2) is 20.0. The maximum atomic E-state index is 16.0. The Labute approximate surface area is 387 Å². The van der Waals surface area contributed by atoms with Crippen molar-refractivity contribution in [2.75, 3.05) is 32.9 Å². The molecule has 2 aromatic heterocycles. The van der Waals surface area contributed by atoms with Crippen LogP contribution in [0.5, 0.6) is 5.75 Å². The van der Waals surface area contributed by atoms with Gasteiger partial charge in [-0.05, 0) is 62.3 Å². The number of aliphatic hydroxyl groups is 1. The van der Waals surface area contributed by atoms with E-state index in [1.54, 1.807) is 42.5 Å². The monoisotopic (exact) mass is 926 g/mol. The van der Waals surface area contributed by atoms with Gasteiger partial charge < -0.3 is 35.1 Å².